The Labute approximate surface area is 167 Å². The molecule has 144 valence electrons. The van der Waals surface area contributed by atoms with Crippen LogP contribution in [-0.4, -0.2) is 23.8 Å². The lowest BCUT2D eigenvalue weighted by molar-refractivity contribution is 0.101. The van der Waals surface area contributed by atoms with Gasteiger partial charge in [-0.1, -0.05) is 12.1 Å². The number of benzene rings is 2. The van der Waals surface area contributed by atoms with Gasteiger partial charge in [-0.05, 0) is 49.4 Å². The smallest absolute Gasteiger partial charge is 0.255 e. The Kier molecular flexibility index (Phi) is 4.83. The van der Waals surface area contributed by atoms with Gasteiger partial charge in [-0.2, -0.15) is 0 Å². The molecule has 2 aromatic heterocycles. The van der Waals surface area contributed by atoms with Crippen molar-refractivity contribution in [3.63, 3.8) is 0 Å². The molecule has 0 fully saturated rings. The lowest BCUT2D eigenvalue weighted by Crippen LogP contribution is -2.11. The number of aryl methyl sites for hydroxylation is 1. The minimum atomic E-state index is -0.236. The molecule has 1 N–H and O–H groups in total. The van der Waals surface area contributed by atoms with Gasteiger partial charge in [0.2, 0.25) is 5.78 Å². The summed E-state index contributed by atoms with van der Waals surface area (Å²) in [5.74, 6) is 0.414. The van der Waals surface area contributed by atoms with Crippen molar-refractivity contribution >= 4 is 28.3 Å². The fraction of sp³-hybridized carbons (Fsp3) is 0.0870. The molecule has 1 amide bonds. The van der Waals surface area contributed by atoms with E-state index >= 15 is 0 Å². The SMILES string of the molecule is COc1cccc(C(=O)c2oc3ccc(NC(=O)c4ccncc4)cc3c2C)c1. The van der Waals surface area contributed by atoms with E-state index in [2.05, 4.69) is 10.3 Å². The van der Waals surface area contributed by atoms with E-state index in [0.29, 0.717) is 33.7 Å². The molecule has 0 radical (unpaired) electrons. The first-order valence-corrected chi connectivity index (χ1v) is 9.00. The summed E-state index contributed by atoms with van der Waals surface area (Å²) in [6.45, 7) is 1.83. The zero-order valence-corrected chi connectivity index (χ0v) is 15.9. The monoisotopic (exact) mass is 386 g/mol. The molecule has 0 saturated heterocycles. The van der Waals surface area contributed by atoms with Gasteiger partial charge in [-0.15, -0.1) is 0 Å². The maximum Gasteiger partial charge on any atom is 0.255 e. The fourth-order valence-corrected chi connectivity index (χ4v) is 3.12. The van der Waals surface area contributed by atoms with Crippen LogP contribution in [0.5, 0.6) is 5.75 Å². The topological polar surface area (TPSA) is 81.4 Å². The maximum absolute atomic E-state index is 12.9. The second kappa shape index (κ2) is 7.59. The van der Waals surface area contributed by atoms with Crippen molar-refractivity contribution in [3.05, 3.63) is 89.4 Å². The van der Waals surface area contributed by atoms with Crippen molar-refractivity contribution in [1.29, 1.82) is 0 Å². The molecular formula is C23H18N2O4. The van der Waals surface area contributed by atoms with Gasteiger partial charge in [0.05, 0.1) is 7.11 Å². The number of amides is 1. The van der Waals surface area contributed by atoms with E-state index < -0.39 is 0 Å². The summed E-state index contributed by atoms with van der Waals surface area (Å²) in [6, 6.07) is 15.5. The number of aromatic nitrogens is 1. The summed E-state index contributed by atoms with van der Waals surface area (Å²) in [5.41, 5.74) is 2.91. The number of hydrogen-bond acceptors (Lipinski definition) is 5. The fourth-order valence-electron chi connectivity index (χ4n) is 3.12. The standard InChI is InChI=1S/C23H18N2O4/c1-14-19-13-17(25-23(27)15-8-10-24-11-9-15)6-7-20(19)29-22(14)21(26)16-4-3-5-18(12-16)28-2/h3-13H,1-2H3,(H,25,27). The number of carbonyl (C=O) groups excluding carboxylic acids is 2. The molecule has 0 atom stereocenters. The first kappa shape index (κ1) is 18.4. The predicted molar refractivity (Wildman–Crippen MR) is 110 cm³/mol. The van der Waals surface area contributed by atoms with Crippen LogP contribution in [0.25, 0.3) is 11.0 Å². The molecule has 4 rings (SSSR count). The lowest BCUT2D eigenvalue weighted by atomic mass is 10.0. The van der Waals surface area contributed by atoms with Crippen LogP contribution in [0.3, 0.4) is 0 Å². The van der Waals surface area contributed by atoms with Crippen LogP contribution in [0.4, 0.5) is 5.69 Å². The van der Waals surface area contributed by atoms with Gasteiger partial charge in [-0.3, -0.25) is 14.6 Å². The Bertz CT molecular complexity index is 1210. The van der Waals surface area contributed by atoms with Crippen LogP contribution in [0.15, 0.2) is 71.4 Å². The number of rotatable bonds is 5. The lowest BCUT2D eigenvalue weighted by Gasteiger charge is -2.05. The molecule has 4 aromatic rings. The van der Waals surface area contributed by atoms with Crippen LogP contribution in [0.1, 0.15) is 32.0 Å². The molecule has 0 aliphatic carbocycles. The van der Waals surface area contributed by atoms with Crippen molar-refractivity contribution in [1.82, 2.24) is 4.98 Å². The predicted octanol–water partition coefficient (Wildman–Crippen LogP) is 4.63. The van der Waals surface area contributed by atoms with Crippen LogP contribution < -0.4 is 10.1 Å². The second-order valence-corrected chi connectivity index (χ2v) is 6.52. The van der Waals surface area contributed by atoms with Gasteiger partial charge in [0, 0.05) is 40.2 Å². The van der Waals surface area contributed by atoms with Crippen molar-refractivity contribution in [2.45, 2.75) is 6.92 Å². The molecule has 0 spiro atoms. The van der Waals surface area contributed by atoms with E-state index in [1.54, 1.807) is 74.1 Å². The molecule has 0 unspecified atom stereocenters. The molecule has 0 bridgehead atoms. The zero-order valence-electron chi connectivity index (χ0n) is 15.9. The van der Waals surface area contributed by atoms with E-state index in [1.807, 2.05) is 6.92 Å². The Morgan fingerprint density at radius 3 is 2.55 bits per heavy atom. The number of hydrogen-bond donors (Lipinski definition) is 1. The number of nitrogens with zero attached hydrogens (tertiary/aromatic N) is 1. The Hall–Kier alpha value is -3.93. The van der Waals surface area contributed by atoms with E-state index in [9.17, 15) is 9.59 Å². The number of nitrogens with one attached hydrogen (secondary N) is 1. The number of carbonyl (C=O) groups is 2. The average Bonchev–Trinajstić information content (AvgIpc) is 3.10. The summed E-state index contributed by atoms with van der Waals surface area (Å²) >= 11 is 0. The highest BCUT2D eigenvalue weighted by Crippen LogP contribution is 2.30. The summed E-state index contributed by atoms with van der Waals surface area (Å²) in [7, 11) is 1.55. The number of methoxy groups -OCH3 is 1. The molecule has 0 saturated carbocycles. The zero-order chi connectivity index (χ0) is 20.4. The van der Waals surface area contributed by atoms with Gasteiger partial charge < -0.3 is 14.5 Å². The first-order valence-electron chi connectivity index (χ1n) is 9.00. The molecule has 0 aliphatic rings. The highest BCUT2D eigenvalue weighted by molar-refractivity contribution is 6.11. The average molecular weight is 386 g/mol. The van der Waals surface area contributed by atoms with Crippen LogP contribution in [0.2, 0.25) is 0 Å². The third kappa shape index (κ3) is 3.60. The molecule has 0 aliphatic heterocycles. The van der Waals surface area contributed by atoms with Gasteiger partial charge >= 0.3 is 0 Å². The van der Waals surface area contributed by atoms with E-state index in [4.69, 9.17) is 9.15 Å². The van der Waals surface area contributed by atoms with Crippen LogP contribution >= 0.6 is 0 Å². The minimum Gasteiger partial charge on any atom is -0.497 e. The third-order valence-electron chi connectivity index (χ3n) is 4.67. The van der Waals surface area contributed by atoms with Crippen molar-refractivity contribution in [2.75, 3.05) is 12.4 Å². The molecule has 2 heterocycles. The van der Waals surface area contributed by atoms with Gasteiger partial charge in [0.25, 0.3) is 5.91 Å². The largest absolute Gasteiger partial charge is 0.497 e. The number of furan rings is 1. The molecule has 6 nitrogen and oxygen atoms in total. The molecule has 6 heteroatoms. The minimum absolute atomic E-state index is 0.222. The van der Waals surface area contributed by atoms with Crippen molar-refractivity contribution in [3.8, 4) is 5.75 Å². The molecule has 2 aromatic carbocycles. The van der Waals surface area contributed by atoms with Gasteiger partial charge in [0.1, 0.15) is 11.3 Å². The Morgan fingerprint density at radius 2 is 1.79 bits per heavy atom. The first-order chi connectivity index (χ1) is 14.1. The number of anilines is 1. The summed E-state index contributed by atoms with van der Waals surface area (Å²) in [5, 5.41) is 3.62. The summed E-state index contributed by atoms with van der Waals surface area (Å²) < 4.78 is 11.0. The third-order valence-corrected chi connectivity index (χ3v) is 4.67. The number of fused-ring (bicyclic) bond motifs is 1. The number of ether oxygens (including phenoxy) is 1. The summed E-state index contributed by atoms with van der Waals surface area (Å²) in [6.07, 6.45) is 3.13. The van der Waals surface area contributed by atoms with Crippen LogP contribution in [-0.2, 0) is 0 Å². The number of pyridine rings is 1. The maximum atomic E-state index is 12.9. The second-order valence-electron chi connectivity index (χ2n) is 6.52. The Balaban J connectivity index is 1.65. The highest BCUT2D eigenvalue weighted by Gasteiger charge is 2.20. The summed E-state index contributed by atoms with van der Waals surface area (Å²) in [4.78, 5) is 29.2. The molecular weight excluding hydrogens is 368 g/mol. The quantitative estimate of drug-likeness (QED) is 0.506. The highest BCUT2D eigenvalue weighted by atomic mass is 16.5. The van der Waals surface area contributed by atoms with E-state index in [-0.39, 0.29) is 17.5 Å². The van der Waals surface area contributed by atoms with Crippen LogP contribution in [0, 0.1) is 6.92 Å². The van der Waals surface area contributed by atoms with Crippen molar-refractivity contribution < 1.29 is 18.7 Å². The van der Waals surface area contributed by atoms with E-state index in [1.165, 1.54) is 0 Å². The van der Waals surface area contributed by atoms with Crippen molar-refractivity contribution in [2.24, 2.45) is 0 Å². The Morgan fingerprint density at radius 1 is 1.00 bits per heavy atom. The van der Waals surface area contributed by atoms with E-state index in [0.717, 1.165) is 5.39 Å². The van der Waals surface area contributed by atoms with Gasteiger partial charge in [-0.25, -0.2) is 0 Å². The normalized spacial score (nSPS) is 10.7. The van der Waals surface area contributed by atoms with Gasteiger partial charge in [0.15, 0.2) is 5.76 Å². The number of ketones is 1. The molecule has 29 heavy (non-hydrogen) atoms.